The van der Waals surface area contributed by atoms with Gasteiger partial charge >= 0.3 is 6.16 Å². The Morgan fingerprint density at radius 2 is 1.86 bits per heavy atom. The predicted molar refractivity (Wildman–Crippen MR) is 114 cm³/mol. The van der Waals surface area contributed by atoms with Crippen LogP contribution in [0, 0.1) is 13.5 Å². The molecule has 1 aromatic heterocycles. The van der Waals surface area contributed by atoms with E-state index in [2.05, 4.69) is 30.7 Å². The van der Waals surface area contributed by atoms with E-state index < -0.39 is 6.16 Å². The Hall–Kier alpha value is -2.78. The summed E-state index contributed by atoms with van der Waals surface area (Å²) < 4.78 is 12.0. The van der Waals surface area contributed by atoms with E-state index in [0.29, 0.717) is 28.5 Å². The molecular formula is C22H26ClN3O3. The zero-order valence-corrected chi connectivity index (χ0v) is 18.4. The van der Waals surface area contributed by atoms with Crippen molar-refractivity contribution in [3.8, 4) is 0 Å². The van der Waals surface area contributed by atoms with Crippen molar-refractivity contribution in [2.24, 2.45) is 0 Å². The Morgan fingerprint density at radius 3 is 2.34 bits per heavy atom. The first-order chi connectivity index (χ1) is 13.6. The number of benzene rings is 1. The van der Waals surface area contributed by atoms with Gasteiger partial charge in [0, 0.05) is 6.54 Å². The van der Waals surface area contributed by atoms with Crippen molar-refractivity contribution in [2.45, 2.75) is 53.5 Å². The van der Waals surface area contributed by atoms with E-state index in [1.807, 2.05) is 31.2 Å². The summed E-state index contributed by atoms with van der Waals surface area (Å²) in [6.07, 6.45) is -0.896. The lowest BCUT2D eigenvalue weighted by Crippen LogP contribution is -2.12. The van der Waals surface area contributed by atoms with Crippen molar-refractivity contribution in [1.82, 2.24) is 9.78 Å². The van der Waals surface area contributed by atoms with E-state index in [4.69, 9.17) is 27.6 Å². The van der Waals surface area contributed by atoms with Crippen LogP contribution >= 0.6 is 11.6 Å². The molecular weight excluding hydrogens is 390 g/mol. The molecule has 7 heteroatoms. The molecule has 0 spiro atoms. The first kappa shape index (κ1) is 22.5. The van der Waals surface area contributed by atoms with Gasteiger partial charge in [-0.15, -0.1) is 0 Å². The summed E-state index contributed by atoms with van der Waals surface area (Å²) in [6.45, 7) is 20.1. The third-order valence-corrected chi connectivity index (χ3v) is 4.82. The van der Waals surface area contributed by atoms with Crippen LogP contribution in [0.2, 0.25) is 5.02 Å². The standard InChI is InChI=1S/C22H26ClN3O3/c1-8-26-19(17(23)14(3)25-26)20(29-21(27)28-9-2)18(24-7)15-10-12-16(13-11-15)22(4,5)6/h10-13H,8-9H2,1-6H3. The summed E-state index contributed by atoms with van der Waals surface area (Å²) in [4.78, 5) is 15.8. The van der Waals surface area contributed by atoms with E-state index in [1.54, 1.807) is 18.5 Å². The molecule has 29 heavy (non-hydrogen) atoms. The van der Waals surface area contributed by atoms with E-state index in [1.165, 1.54) is 0 Å². The lowest BCUT2D eigenvalue weighted by molar-refractivity contribution is 0.0951. The number of halogens is 1. The summed E-state index contributed by atoms with van der Waals surface area (Å²) >= 11 is 6.47. The Labute approximate surface area is 176 Å². The molecule has 1 heterocycles. The van der Waals surface area contributed by atoms with Crippen LogP contribution in [0.25, 0.3) is 16.3 Å². The number of nitrogens with zero attached hydrogens (tertiary/aromatic N) is 3. The largest absolute Gasteiger partial charge is 0.512 e. The van der Waals surface area contributed by atoms with Crippen LogP contribution in [0.15, 0.2) is 24.3 Å². The molecule has 0 radical (unpaired) electrons. The molecule has 1 aromatic carbocycles. The maximum Gasteiger partial charge on any atom is 0.512 e. The van der Waals surface area contributed by atoms with Crippen LogP contribution in [0.3, 0.4) is 0 Å². The quantitative estimate of drug-likeness (QED) is 0.337. The van der Waals surface area contributed by atoms with Crippen LogP contribution in [-0.2, 0) is 21.4 Å². The Morgan fingerprint density at radius 1 is 1.24 bits per heavy atom. The highest BCUT2D eigenvalue weighted by Gasteiger charge is 2.26. The second kappa shape index (κ2) is 9.15. The number of carbonyl (C=O) groups is 1. The number of hydrogen-bond acceptors (Lipinski definition) is 4. The van der Waals surface area contributed by atoms with Gasteiger partial charge in [0.25, 0.3) is 0 Å². The first-order valence-electron chi connectivity index (χ1n) is 9.44. The molecule has 2 aromatic rings. The van der Waals surface area contributed by atoms with E-state index in [0.717, 1.165) is 5.56 Å². The van der Waals surface area contributed by atoms with Gasteiger partial charge in [0.05, 0.1) is 23.9 Å². The minimum absolute atomic E-state index is 0.0218. The fourth-order valence-corrected chi connectivity index (χ4v) is 3.04. The third kappa shape index (κ3) is 4.99. The maximum atomic E-state index is 12.1. The van der Waals surface area contributed by atoms with Crippen LogP contribution in [0.1, 0.15) is 57.1 Å². The number of aryl methyl sites for hydroxylation is 2. The number of hydrogen-bond donors (Lipinski definition) is 0. The normalized spacial score (nSPS) is 12.2. The average molecular weight is 416 g/mol. The monoisotopic (exact) mass is 415 g/mol. The second-order valence-corrected chi connectivity index (χ2v) is 7.84. The molecule has 0 aliphatic rings. The molecule has 0 bridgehead atoms. The van der Waals surface area contributed by atoms with Gasteiger partial charge in [-0.1, -0.05) is 56.6 Å². The number of rotatable bonds is 5. The van der Waals surface area contributed by atoms with Gasteiger partial charge in [-0.3, -0.25) is 4.68 Å². The Bertz CT molecular complexity index is 961. The second-order valence-electron chi connectivity index (χ2n) is 7.47. The van der Waals surface area contributed by atoms with E-state index in [-0.39, 0.29) is 23.5 Å². The summed E-state index contributed by atoms with van der Waals surface area (Å²) in [7, 11) is 0. The van der Waals surface area contributed by atoms with Crippen molar-refractivity contribution >= 4 is 29.2 Å². The van der Waals surface area contributed by atoms with Crippen molar-refractivity contribution in [3.63, 3.8) is 0 Å². The molecule has 0 amide bonds. The molecule has 0 aliphatic carbocycles. The highest BCUT2D eigenvalue weighted by atomic mass is 35.5. The lowest BCUT2D eigenvalue weighted by Gasteiger charge is -2.19. The molecule has 0 saturated carbocycles. The van der Waals surface area contributed by atoms with Crippen LogP contribution < -0.4 is 0 Å². The van der Waals surface area contributed by atoms with Gasteiger partial charge in [-0.2, -0.15) is 5.10 Å². The summed E-state index contributed by atoms with van der Waals surface area (Å²) in [6, 6.07) is 7.62. The fourth-order valence-electron chi connectivity index (χ4n) is 2.82. The summed E-state index contributed by atoms with van der Waals surface area (Å²) in [5, 5.41) is 4.71. The molecule has 0 fully saturated rings. The van der Waals surface area contributed by atoms with Crippen molar-refractivity contribution < 1.29 is 14.3 Å². The Balaban J connectivity index is 2.71. The molecule has 0 aliphatic heterocycles. The van der Waals surface area contributed by atoms with Gasteiger partial charge in [-0.25, -0.2) is 9.64 Å². The minimum atomic E-state index is -0.896. The van der Waals surface area contributed by atoms with Crippen molar-refractivity contribution in [1.29, 1.82) is 0 Å². The predicted octanol–water partition coefficient (Wildman–Crippen LogP) is 6.08. The van der Waals surface area contributed by atoms with Gasteiger partial charge < -0.3 is 9.47 Å². The molecule has 6 nitrogen and oxygen atoms in total. The zero-order chi connectivity index (χ0) is 21.8. The topological polar surface area (TPSA) is 57.7 Å². The maximum absolute atomic E-state index is 12.1. The van der Waals surface area contributed by atoms with Gasteiger partial charge in [-0.05, 0) is 37.3 Å². The van der Waals surface area contributed by atoms with Crippen LogP contribution in [0.5, 0.6) is 0 Å². The van der Waals surface area contributed by atoms with E-state index in [9.17, 15) is 4.79 Å². The minimum Gasteiger partial charge on any atom is -0.434 e. The molecule has 0 unspecified atom stereocenters. The van der Waals surface area contributed by atoms with Crippen molar-refractivity contribution in [2.75, 3.05) is 6.61 Å². The molecule has 2 rings (SSSR count). The number of aromatic nitrogens is 2. The van der Waals surface area contributed by atoms with E-state index >= 15 is 0 Å². The first-order valence-corrected chi connectivity index (χ1v) is 9.82. The zero-order valence-electron chi connectivity index (χ0n) is 17.7. The summed E-state index contributed by atoms with van der Waals surface area (Å²) in [5.74, 6) is 0.0365. The number of carbonyl (C=O) groups excluding carboxylic acids is 1. The SMILES string of the molecule is [C-]#[N+]C(=C(OC(=O)OCC)c1c(Cl)c(C)nn1CC)c1ccc(C(C)(C)C)cc1. The van der Waals surface area contributed by atoms with Gasteiger partial charge in [0.1, 0.15) is 5.69 Å². The average Bonchev–Trinajstić information content (AvgIpc) is 2.95. The van der Waals surface area contributed by atoms with Crippen LogP contribution in [0.4, 0.5) is 4.79 Å². The summed E-state index contributed by atoms with van der Waals surface area (Å²) in [5.41, 5.74) is 2.85. The highest BCUT2D eigenvalue weighted by Crippen LogP contribution is 2.35. The lowest BCUT2D eigenvalue weighted by atomic mass is 9.86. The fraction of sp³-hybridized carbons (Fsp3) is 0.409. The van der Waals surface area contributed by atoms with Crippen LogP contribution in [-0.4, -0.2) is 22.5 Å². The van der Waals surface area contributed by atoms with Gasteiger partial charge in [0.2, 0.25) is 5.70 Å². The number of ether oxygens (including phenoxy) is 2. The molecule has 0 saturated heterocycles. The molecule has 0 atom stereocenters. The Kier molecular flexibility index (Phi) is 7.10. The van der Waals surface area contributed by atoms with Crippen molar-refractivity contribution in [3.05, 3.63) is 63.2 Å². The molecule has 0 N–H and O–H groups in total. The van der Waals surface area contributed by atoms with Gasteiger partial charge in [0.15, 0.2) is 5.76 Å². The third-order valence-electron chi connectivity index (χ3n) is 4.37. The molecule has 154 valence electrons. The highest BCUT2D eigenvalue weighted by molar-refractivity contribution is 6.33. The smallest absolute Gasteiger partial charge is 0.434 e.